The van der Waals surface area contributed by atoms with Crippen LogP contribution in [0.2, 0.25) is 0 Å². The van der Waals surface area contributed by atoms with E-state index in [1.54, 1.807) is 12.1 Å². The number of rotatable bonds is 4. The predicted molar refractivity (Wildman–Crippen MR) is 62.8 cm³/mol. The summed E-state index contributed by atoms with van der Waals surface area (Å²) in [6.45, 7) is 6.21. The Bertz CT molecular complexity index is 348. The molecule has 0 aliphatic heterocycles. The summed E-state index contributed by atoms with van der Waals surface area (Å²) >= 11 is 0. The fourth-order valence-electron chi connectivity index (χ4n) is 1.53. The molecule has 0 aliphatic rings. The SMILES string of the molecule is CC(C)CC(C)NC(=O)c1ccc(N)nn1. The van der Waals surface area contributed by atoms with E-state index in [4.69, 9.17) is 5.73 Å². The molecule has 0 fully saturated rings. The molecular weight excluding hydrogens is 204 g/mol. The number of nitrogens with two attached hydrogens (primary N) is 1. The van der Waals surface area contributed by atoms with E-state index in [0.29, 0.717) is 17.4 Å². The molecule has 1 aromatic heterocycles. The van der Waals surface area contributed by atoms with Crippen LogP contribution in [0.5, 0.6) is 0 Å². The minimum Gasteiger partial charge on any atom is -0.382 e. The summed E-state index contributed by atoms with van der Waals surface area (Å²) in [5.74, 6) is 0.653. The molecule has 1 unspecified atom stereocenters. The van der Waals surface area contributed by atoms with Crippen molar-refractivity contribution < 1.29 is 4.79 Å². The van der Waals surface area contributed by atoms with Gasteiger partial charge in [0, 0.05) is 6.04 Å². The van der Waals surface area contributed by atoms with Crippen LogP contribution in [0.1, 0.15) is 37.7 Å². The van der Waals surface area contributed by atoms with Crippen molar-refractivity contribution in [3.05, 3.63) is 17.8 Å². The van der Waals surface area contributed by atoms with Crippen molar-refractivity contribution in [2.45, 2.75) is 33.2 Å². The van der Waals surface area contributed by atoms with Crippen molar-refractivity contribution >= 4 is 11.7 Å². The van der Waals surface area contributed by atoms with Crippen LogP contribution in [-0.2, 0) is 0 Å². The summed E-state index contributed by atoms with van der Waals surface area (Å²) in [6.07, 6.45) is 0.939. The van der Waals surface area contributed by atoms with E-state index in [1.807, 2.05) is 6.92 Å². The average Bonchev–Trinajstić information content (AvgIpc) is 2.16. The molecule has 1 aromatic rings. The lowest BCUT2D eigenvalue weighted by atomic mass is 10.1. The van der Waals surface area contributed by atoms with Crippen molar-refractivity contribution in [3.63, 3.8) is 0 Å². The smallest absolute Gasteiger partial charge is 0.272 e. The van der Waals surface area contributed by atoms with Crippen LogP contribution >= 0.6 is 0 Å². The molecule has 1 atom stereocenters. The second kappa shape index (κ2) is 5.44. The Labute approximate surface area is 95.4 Å². The van der Waals surface area contributed by atoms with Crippen molar-refractivity contribution in [1.82, 2.24) is 15.5 Å². The fourth-order valence-corrected chi connectivity index (χ4v) is 1.53. The van der Waals surface area contributed by atoms with Crippen LogP contribution in [0.4, 0.5) is 5.82 Å². The normalized spacial score (nSPS) is 12.5. The number of hydrogen-bond donors (Lipinski definition) is 2. The van der Waals surface area contributed by atoms with Crippen molar-refractivity contribution in [2.75, 3.05) is 5.73 Å². The molecule has 3 N–H and O–H groups in total. The monoisotopic (exact) mass is 222 g/mol. The Kier molecular flexibility index (Phi) is 4.22. The van der Waals surface area contributed by atoms with Gasteiger partial charge >= 0.3 is 0 Å². The molecule has 0 saturated carbocycles. The Hall–Kier alpha value is -1.65. The molecule has 1 amide bonds. The van der Waals surface area contributed by atoms with Gasteiger partial charge in [0.25, 0.3) is 5.91 Å². The zero-order valence-electron chi connectivity index (χ0n) is 9.90. The van der Waals surface area contributed by atoms with E-state index >= 15 is 0 Å². The lowest BCUT2D eigenvalue weighted by Crippen LogP contribution is -2.34. The summed E-state index contributed by atoms with van der Waals surface area (Å²) in [6, 6.07) is 3.27. The number of nitrogen functional groups attached to an aromatic ring is 1. The first-order valence-corrected chi connectivity index (χ1v) is 5.39. The van der Waals surface area contributed by atoms with Gasteiger partial charge in [-0.1, -0.05) is 13.8 Å². The number of nitrogens with one attached hydrogen (secondary N) is 1. The minimum absolute atomic E-state index is 0.131. The fraction of sp³-hybridized carbons (Fsp3) is 0.545. The molecule has 0 spiro atoms. The summed E-state index contributed by atoms with van der Waals surface area (Å²) in [5.41, 5.74) is 5.68. The number of amides is 1. The number of carbonyl (C=O) groups is 1. The maximum absolute atomic E-state index is 11.7. The Morgan fingerprint density at radius 2 is 2.06 bits per heavy atom. The van der Waals surface area contributed by atoms with E-state index in [9.17, 15) is 4.79 Å². The molecule has 1 heterocycles. The highest BCUT2D eigenvalue weighted by Gasteiger charge is 2.12. The summed E-state index contributed by atoms with van der Waals surface area (Å²) in [7, 11) is 0. The molecule has 5 heteroatoms. The maximum Gasteiger partial charge on any atom is 0.272 e. The van der Waals surface area contributed by atoms with Gasteiger partial charge in [0.15, 0.2) is 5.69 Å². The van der Waals surface area contributed by atoms with E-state index in [-0.39, 0.29) is 11.9 Å². The van der Waals surface area contributed by atoms with Gasteiger partial charge in [0.1, 0.15) is 5.82 Å². The third kappa shape index (κ3) is 3.84. The Morgan fingerprint density at radius 3 is 2.56 bits per heavy atom. The Morgan fingerprint density at radius 1 is 1.38 bits per heavy atom. The van der Waals surface area contributed by atoms with Crippen LogP contribution in [0.15, 0.2) is 12.1 Å². The van der Waals surface area contributed by atoms with Gasteiger partial charge in [0.05, 0.1) is 0 Å². The van der Waals surface area contributed by atoms with Crippen LogP contribution in [0.25, 0.3) is 0 Å². The highest BCUT2D eigenvalue weighted by atomic mass is 16.2. The molecule has 0 radical (unpaired) electrons. The predicted octanol–water partition coefficient (Wildman–Crippen LogP) is 1.22. The number of anilines is 1. The van der Waals surface area contributed by atoms with E-state index in [2.05, 4.69) is 29.4 Å². The molecule has 1 rings (SSSR count). The van der Waals surface area contributed by atoms with Gasteiger partial charge in [-0.25, -0.2) is 0 Å². The highest BCUT2D eigenvalue weighted by Crippen LogP contribution is 2.05. The maximum atomic E-state index is 11.7. The van der Waals surface area contributed by atoms with Crippen molar-refractivity contribution in [2.24, 2.45) is 5.92 Å². The summed E-state index contributed by atoms with van der Waals surface area (Å²) in [5, 5.41) is 10.2. The van der Waals surface area contributed by atoms with Gasteiger partial charge in [-0.15, -0.1) is 10.2 Å². The molecule has 0 saturated heterocycles. The van der Waals surface area contributed by atoms with Crippen molar-refractivity contribution in [3.8, 4) is 0 Å². The minimum atomic E-state index is -0.208. The zero-order valence-corrected chi connectivity index (χ0v) is 9.90. The number of carbonyl (C=O) groups excluding carboxylic acids is 1. The lowest BCUT2D eigenvalue weighted by molar-refractivity contribution is 0.0930. The van der Waals surface area contributed by atoms with Gasteiger partial charge in [-0.3, -0.25) is 4.79 Å². The average molecular weight is 222 g/mol. The second-order valence-corrected chi connectivity index (χ2v) is 4.35. The first-order valence-electron chi connectivity index (χ1n) is 5.39. The van der Waals surface area contributed by atoms with E-state index in [0.717, 1.165) is 6.42 Å². The van der Waals surface area contributed by atoms with Crippen LogP contribution in [0.3, 0.4) is 0 Å². The van der Waals surface area contributed by atoms with E-state index in [1.165, 1.54) is 0 Å². The van der Waals surface area contributed by atoms with Crippen molar-refractivity contribution in [1.29, 1.82) is 0 Å². The topological polar surface area (TPSA) is 80.9 Å². The van der Waals surface area contributed by atoms with Gasteiger partial charge in [-0.2, -0.15) is 0 Å². The first kappa shape index (κ1) is 12.4. The second-order valence-electron chi connectivity index (χ2n) is 4.35. The number of aromatic nitrogens is 2. The van der Waals surface area contributed by atoms with Crippen LogP contribution in [-0.4, -0.2) is 22.1 Å². The first-order chi connectivity index (χ1) is 7.49. The number of nitrogens with zero attached hydrogens (tertiary/aromatic N) is 2. The Balaban J connectivity index is 2.55. The van der Waals surface area contributed by atoms with E-state index < -0.39 is 0 Å². The number of hydrogen-bond acceptors (Lipinski definition) is 4. The van der Waals surface area contributed by atoms with Gasteiger partial charge in [-0.05, 0) is 31.4 Å². The molecule has 0 aromatic carbocycles. The zero-order chi connectivity index (χ0) is 12.1. The molecule has 5 nitrogen and oxygen atoms in total. The quantitative estimate of drug-likeness (QED) is 0.802. The van der Waals surface area contributed by atoms with Crippen LogP contribution < -0.4 is 11.1 Å². The van der Waals surface area contributed by atoms with Gasteiger partial charge < -0.3 is 11.1 Å². The third-order valence-electron chi connectivity index (χ3n) is 2.12. The van der Waals surface area contributed by atoms with Gasteiger partial charge in [0.2, 0.25) is 0 Å². The molecule has 16 heavy (non-hydrogen) atoms. The molecule has 88 valence electrons. The highest BCUT2D eigenvalue weighted by molar-refractivity contribution is 5.92. The molecular formula is C11H18N4O. The standard InChI is InChI=1S/C11H18N4O/c1-7(2)6-8(3)13-11(16)9-4-5-10(12)15-14-9/h4-5,7-8H,6H2,1-3H3,(H2,12,15)(H,13,16). The lowest BCUT2D eigenvalue weighted by Gasteiger charge is -2.15. The largest absolute Gasteiger partial charge is 0.382 e. The molecule has 0 bridgehead atoms. The molecule has 0 aliphatic carbocycles. The summed E-state index contributed by atoms with van der Waals surface area (Å²) < 4.78 is 0. The third-order valence-corrected chi connectivity index (χ3v) is 2.12. The van der Waals surface area contributed by atoms with Crippen LogP contribution in [0, 0.1) is 5.92 Å². The summed E-state index contributed by atoms with van der Waals surface area (Å²) in [4.78, 5) is 11.7.